The first kappa shape index (κ1) is 25.7. The van der Waals surface area contributed by atoms with Gasteiger partial charge in [-0.05, 0) is 67.1 Å². The summed E-state index contributed by atoms with van der Waals surface area (Å²) in [5.74, 6) is 0.104. The molecule has 2 amide bonds. The van der Waals surface area contributed by atoms with Crippen LogP contribution in [-0.2, 0) is 20.9 Å². The Morgan fingerprint density at radius 3 is 2.66 bits per heavy atom. The van der Waals surface area contributed by atoms with Crippen molar-refractivity contribution >= 4 is 28.5 Å². The van der Waals surface area contributed by atoms with E-state index in [1.54, 1.807) is 16.8 Å². The molecule has 0 unspecified atom stereocenters. The van der Waals surface area contributed by atoms with Gasteiger partial charge in [0.1, 0.15) is 17.8 Å². The topological polar surface area (TPSA) is 102 Å². The first-order chi connectivity index (χ1) is 18.5. The van der Waals surface area contributed by atoms with Crippen LogP contribution in [-0.4, -0.2) is 46.1 Å². The molecule has 0 bridgehead atoms. The Bertz CT molecular complexity index is 1360. The van der Waals surface area contributed by atoms with Gasteiger partial charge in [-0.3, -0.25) is 14.5 Å². The van der Waals surface area contributed by atoms with E-state index in [4.69, 9.17) is 9.15 Å². The predicted octanol–water partition coefficient (Wildman–Crippen LogP) is 4.61. The Morgan fingerprint density at radius 1 is 1.13 bits per heavy atom. The van der Waals surface area contributed by atoms with E-state index in [0.29, 0.717) is 36.0 Å². The van der Waals surface area contributed by atoms with Crippen LogP contribution in [0.5, 0.6) is 0 Å². The molecule has 1 aliphatic heterocycles. The molecular formula is C29H33N5O4. The van der Waals surface area contributed by atoms with E-state index >= 15 is 0 Å². The van der Waals surface area contributed by atoms with Crippen LogP contribution in [0.1, 0.15) is 56.4 Å². The van der Waals surface area contributed by atoms with E-state index < -0.39 is 6.04 Å². The molecule has 9 nitrogen and oxygen atoms in total. The average Bonchev–Trinajstić information content (AvgIpc) is 3.73. The van der Waals surface area contributed by atoms with Gasteiger partial charge < -0.3 is 14.5 Å². The van der Waals surface area contributed by atoms with Crippen LogP contribution in [0, 0.1) is 0 Å². The van der Waals surface area contributed by atoms with Crippen LogP contribution in [0.2, 0.25) is 0 Å². The van der Waals surface area contributed by atoms with Crippen molar-refractivity contribution in [1.82, 2.24) is 20.3 Å². The van der Waals surface area contributed by atoms with Crippen molar-refractivity contribution in [3.63, 3.8) is 0 Å². The van der Waals surface area contributed by atoms with Crippen molar-refractivity contribution in [3.8, 4) is 0 Å². The fourth-order valence-corrected chi connectivity index (χ4v) is 4.81. The minimum atomic E-state index is -1.01. The zero-order valence-electron chi connectivity index (χ0n) is 21.7. The van der Waals surface area contributed by atoms with Crippen LogP contribution in [0.25, 0.3) is 11.0 Å². The molecule has 3 atom stereocenters. The third kappa shape index (κ3) is 5.47. The summed E-state index contributed by atoms with van der Waals surface area (Å²) in [6, 6.07) is 17.7. The molecule has 2 aromatic carbocycles. The number of aromatic nitrogens is 3. The lowest BCUT2D eigenvalue weighted by Gasteiger charge is -2.30. The van der Waals surface area contributed by atoms with Crippen molar-refractivity contribution in [2.24, 2.45) is 0 Å². The summed E-state index contributed by atoms with van der Waals surface area (Å²) < 4.78 is 12.9. The second-order valence-electron chi connectivity index (χ2n) is 9.70. The number of hydrogen-bond acceptors (Lipinski definition) is 6. The molecule has 2 aromatic heterocycles. The molecule has 198 valence electrons. The van der Waals surface area contributed by atoms with Crippen LogP contribution in [0.3, 0.4) is 0 Å². The van der Waals surface area contributed by atoms with Gasteiger partial charge in [0.25, 0.3) is 5.91 Å². The molecule has 9 heteroatoms. The molecule has 0 spiro atoms. The molecular weight excluding hydrogens is 482 g/mol. The molecule has 5 rings (SSSR count). The number of benzene rings is 2. The summed E-state index contributed by atoms with van der Waals surface area (Å²) in [5, 5.41) is 11.4. The van der Waals surface area contributed by atoms with Gasteiger partial charge in [0.05, 0.1) is 17.9 Å². The first-order valence-corrected chi connectivity index (χ1v) is 13.2. The third-order valence-corrected chi connectivity index (χ3v) is 7.17. The monoisotopic (exact) mass is 515 g/mol. The van der Waals surface area contributed by atoms with Gasteiger partial charge >= 0.3 is 0 Å². The van der Waals surface area contributed by atoms with Crippen molar-refractivity contribution in [1.29, 1.82) is 0 Å². The summed E-state index contributed by atoms with van der Waals surface area (Å²) in [5.41, 5.74) is 3.20. The fourth-order valence-electron chi connectivity index (χ4n) is 4.81. The maximum Gasteiger partial charge on any atom is 0.251 e. The van der Waals surface area contributed by atoms with Gasteiger partial charge in [0, 0.05) is 18.8 Å². The summed E-state index contributed by atoms with van der Waals surface area (Å²) in [6.45, 7) is 5.28. The zero-order chi connectivity index (χ0) is 26.5. The van der Waals surface area contributed by atoms with Crippen LogP contribution in [0.15, 0.2) is 71.3 Å². The lowest BCUT2D eigenvalue weighted by molar-refractivity contribution is -0.127. The van der Waals surface area contributed by atoms with Crippen molar-refractivity contribution in [2.75, 3.05) is 18.1 Å². The van der Waals surface area contributed by atoms with E-state index in [0.717, 1.165) is 24.8 Å². The van der Waals surface area contributed by atoms with Gasteiger partial charge in [0.15, 0.2) is 6.04 Å². The number of carbonyl (C=O) groups excluding carboxylic acids is 2. The number of nitrogens with one attached hydrogen (secondary N) is 1. The molecule has 1 saturated heterocycles. The SMILES string of the molecule is CC[C@@H](C)c1ccc(N(C(=O)Cn2nnc3ccccc32)[C@@H](C(=O)NC[C@@H]2CCCO2)c2ccco2)cc1. The van der Waals surface area contributed by atoms with E-state index in [1.807, 2.05) is 48.5 Å². The lowest BCUT2D eigenvalue weighted by atomic mass is 9.98. The second-order valence-corrected chi connectivity index (χ2v) is 9.70. The number of rotatable bonds is 10. The number of carbonyl (C=O) groups is 2. The number of furan rings is 1. The highest BCUT2D eigenvalue weighted by molar-refractivity contribution is 6.01. The summed E-state index contributed by atoms with van der Waals surface area (Å²) in [7, 11) is 0. The van der Waals surface area contributed by atoms with Crippen molar-refractivity contribution in [3.05, 3.63) is 78.3 Å². The molecule has 3 heterocycles. The molecule has 0 radical (unpaired) electrons. The second kappa shape index (κ2) is 11.6. The Morgan fingerprint density at radius 2 is 1.95 bits per heavy atom. The predicted molar refractivity (Wildman–Crippen MR) is 144 cm³/mol. The van der Waals surface area contributed by atoms with E-state index in [1.165, 1.54) is 16.7 Å². The minimum absolute atomic E-state index is 0.0309. The van der Waals surface area contributed by atoms with E-state index in [9.17, 15) is 9.59 Å². The highest BCUT2D eigenvalue weighted by atomic mass is 16.5. The molecule has 38 heavy (non-hydrogen) atoms. The Kier molecular flexibility index (Phi) is 7.83. The van der Waals surface area contributed by atoms with Gasteiger partial charge in [-0.15, -0.1) is 5.10 Å². The normalized spacial score (nSPS) is 16.8. The van der Waals surface area contributed by atoms with Crippen LogP contribution >= 0.6 is 0 Å². The van der Waals surface area contributed by atoms with Gasteiger partial charge in [-0.1, -0.05) is 43.3 Å². The number of anilines is 1. The average molecular weight is 516 g/mol. The number of hydrogen-bond donors (Lipinski definition) is 1. The van der Waals surface area contributed by atoms with Crippen molar-refractivity contribution in [2.45, 2.75) is 57.7 Å². The highest BCUT2D eigenvalue weighted by Crippen LogP contribution is 2.31. The maximum absolute atomic E-state index is 14.0. The summed E-state index contributed by atoms with van der Waals surface area (Å²) in [6.07, 6.45) is 4.35. The Labute approximate surface area is 221 Å². The standard InChI is InChI=1S/C29H33N5O4/c1-3-20(2)21-12-14-22(15-13-21)34(27(35)19-33-25-10-5-4-9-24(25)31-32-33)28(26-11-7-17-38-26)29(36)30-18-23-8-6-16-37-23/h4-5,7,9-15,17,20,23,28H,3,6,8,16,18-19H2,1-2H3,(H,30,36)/t20-,23+,28-/m1/s1. The van der Waals surface area contributed by atoms with Crippen molar-refractivity contribution < 1.29 is 18.7 Å². The lowest BCUT2D eigenvalue weighted by Crippen LogP contribution is -2.46. The molecule has 1 aliphatic rings. The summed E-state index contributed by atoms with van der Waals surface area (Å²) in [4.78, 5) is 29.2. The van der Waals surface area contributed by atoms with Crippen LogP contribution < -0.4 is 10.2 Å². The molecule has 4 aromatic rings. The summed E-state index contributed by atoms with van der Waals surface area (Å²) >= 11 is 0. The number of amides is 2. The van der Waals surface area contributed by atoms with Gasteiger partial charge in [-0.2, -0.15) is 0 Å². The quantitative estimate of drug-likeness (QED) is 0.331. The highest BCUT2D eigenvalue weighted by Gasteiger charge is 2.35. The molecule has 0 aliphatic carbocycles. The molecule has 1 N–H and O–H groups in total. The zero-order valence-corrected chi connectivity index (χ0v) is 21.7. The fraction of sp³-hybridized carbons (Fsp3) is 0.379. The van der Waals surface area contributed by atoms with Crippen LogP contribution in [0.4, 0.5) is 5.69 Å². The molecule has 0 saturated carbocycles. The van der Waals surface area contributed by atoms with Gasteiger partial charge in [-0.25, -0.2) is 4.68 Å². The Balaban J connectivity index is 1.50. The van der Waals surface area contributed by atoms with E-state index in [-0.39, 0.29) is 24.5 Å². The third-order valence-electron chi connectivity index (χ3n) is 7.17. The maximum atomic E-state index is 14.0. The van der Waals surface area contributed by atoms with Gasteiger partial charge in [0.2, 0.25) is 5.91 Å². The Hall–Kier alpha value is -3.98. The smallest absolute Gasteiger partial charge is 0.251 e. The minimum Gasteiger partial charge on any atom is -0.467 e. The van der Waals surface area contributed by atoms with E-state index in [2.05, 4.69) is 29.5 Å². The number of nitrogens with zero attached hydrogens (tertiary/aromatic N) is 4. The number of para-hydroxylation sites is 1. The molecule has 1 fully saturated rings. The number of fused-ring (bicyclic) bond motifs is 1. The largest absolute Gasteiger partial charge is 0.467 e. The first-order valence-electron chi connectivity index (χ1n) is 13.2. The number of ether oxygens (including phenoxy) is 1.